The second kappa shape index (κ2) is 2.96. The van der Waals surface area contributed by atoms with E-state index in [0.29, 0.717) is 0 Å². The van der Waals surface area contributed by atoms with Gasteiger partial charge in [-0.2, -0.15) is 0 Å². The van der Waals surface area contributed by atoms with Crippen molar-refractivity contribution in [1.82, 2.24) is 5.32 Å². The quantitative estimate of drug-likeness (QED) is 0.663. The molecule has 1 spiro atoms. The number of ether oxygens (including phenoxy) is 1. The zero-order valence-corrected chi connectivity index (χ0v) is 8.22. The van der Waals surface area contributed by atoms with Crippen molar-refractivity contribution in [2.24, 2.45) is 11.3 Å². The lowest BCUT2D eigenvalue weighted by molar-refractivity contribution is -0.0621. The van der Waals surface area contributed by atoms with Crippen molar-refractivity contribution < 1.29 is 4.74 Å². The van der Waals surface area contributed by atoms with Gasteiger partial charge >= 0.3 is 0 Å². The van der Waals surface area contributed by atoms with Crippen molar-refractivity contribution in [3.05, 3.63) is 0 Å². The van der Waals surface area contributed by atoms with Gasteiger partial charge in [-0.05, 0) is 37.0 Å². The third-order valence-corrected chi connectivity index (χ3v) is 4.42. The molecule has 3 aliphatic rings. The average Bonchev–Trinajstić information content (AvgIpc) is 2.01. The minimum atomic E-state index is 0.752. The van der Waals surface area contributed by atoms with Gasteiger partial charge in [0.05, 0.1) is 0 Å². The fourth-order valence-corrected chi connectivity index (χ4v) is 3.34. The number of hydrogen-bond donors (Lipinski definition) is 1. The third kappa shape index (κ3) is 1.15. The van der Waals surface area contributed by atoms with E-state index in [1.165, 1.54) is 38.6 Å². The summed E-state index contributed by atoms with van der Waals surface area (Å²) in [6.45, 7) is 3.30. The first kappa shape index (κ1) is 8.25. The lowest BCUT2D eigenvalue weighted by Gasteiger charge is -2.59. The molecule has 2 aliphatic heterocycles. The Morgan fingerprint density at radius 3 is 2.38 bits per heavy atom. The molecule has 0 bridgehead atoms. The van der Waals surface area contributed by atoms with Crippen molar-refractivity contribution in [3.8, 4) is 0 Å². The molecule has 0 amide bonds. The maximum Gasteiger partial charge on any atom is 0.0469 e. The normalized spacial score (nSPS) is 38.3. The molecule has 3 fully saturated rings. The monoisotopic (exact) mass is 181 g/mol. The van der Waals surface area contributed by atoms with Gasteiger partial charge in [-0.15, -0.1) is 0 Å². The van der Waals surface area contributed by atoms with Crippen molar-refractivity contribution in [2.45, 2.75) is 38.1 Å². The predicted molar refractivity (Wildman–Crippen MR) is 51.6 cm³/mol. The summed E-state index contributed by atoms with van der Waals surface area (Å²) >= 11 is 0. The maximum absolute atomic E-state index is 5.41. The van der Waals surface area contributed by atoms with Gasteiger partial charge in [0, 0.05) is 25.8 Å². The molecule has 1 N–H and O–H groups in total. The van der Waals surface area contributed by atoms with Crippen molar-refractivity contribution >= 4 is 0 Å². The molecule has 2 heteroatoms. The van der Waals surface area contributed by atoms with Crippen molar-refractivity contribution in [3.63, 3.8) is 0 Å². The van der Waals surface area contributed by atoms with Crippen LogP contribution in [0.25, 0.3) is 0 Å². The molecule has 1 saturated carbocycles. The molecule has 0 aromatic carbocycles. The zero-order chi connectivity index (χ0) is 8.73. The fraction of sp³-hybridized carbons (Fsp3) is 1.00. The minimum Gasteiger partial charge on any atom is -0.381 e. The molecule has 0 radical (unpaired) electrons. The summed E-state index contributed by atoms with van der Waals surface area (Å²) in [5.41, 5.74) is 0.752. The van der Waals surface area contributed by atoms with E-state index in [1.54, 1.807) is 0 Å². The van der Waals surface area contributed by atoms with Crippen LogP contribution in [0.1, 0.15) is 32.1 Å². The summed E-state index contributed by atoms with van der Waals surface area (Å²) in [6, 6.07) is 0.852. The Labute approximate surface area is 80.0 Å². The van der Waals surface area contributed by atoms with E-state index < -0.39 is 0 Å². The standard InChI is InChI=1S/C11H19NO/c1-4-11(5-1)8-12-10(11)9-2-6-13-7-3-9/h9-10,12H,1-8H2. The van der Waals surface area contributed by atoms with Gasteiger partial charge in [-0.1, -0.05) is 6.42 Å². The summed E-state index contributed by atoms with van der Waals surface area (Å²) in [4.78, 5) is 0. The molecular formula is C11H19NO. The van der Waals surface area contributed by atoms with Gasteiger partial charge in [0.1, 0.15) is 0 Å². The first-order valence-corrected chi connectivity index (χ1v) is 5.72. The first-order chi connectivity index (χ1) is 6.41. The first-order valence-electron chi connectivity index (χ1n) is 5.72. The van der Waals surface area contributed by atoms with E-state index in [-0.39, 0.29) is 0 Å². The fourth-order valence-electron chi connectivity index (χ4n) is 3.34. The maximum atomic E-state index is 5.41. The number of hydrogen-bond acceptors (Lipinski definition) is 2. The molecule has 2 saturated heterocycles. The molecule has 2 nitrogen and oxygen atoms in total. The molecule has 13 heavy (non-hydrogen) atoms. The van der Waals surface area contributed by atoms with E-state index in [2.05, 4.69) is 5.32 Å². The van der Waals surface area contributed by atoms with Crippen LogP contribution in [0.15, 0.2) is 0 Å². The largest absolute Gasteiger partial charge is 0.381 e. The summed E-state index contributed by atoms with van der Waals surface area (Å²) in [6.07, 6.45) is 7.03. The van der Waals surface area contributed by atoms with Gasteiger partial charge in [0.25, 0.3) is 0 Å². The lowest BCUT2D eigenvalue weighted by atomic mass is 9.55. The summed E-state index contributed by atoms with van der Waals surface area (Å²) in [7, 11) is 0. The molecular weight excluding hydrogens is 162 g/mol. The van der Waals surface area contributed by atoms with E-state index in [4.69, 9.17) is 4.74 Å². The smallest absolute Gasteiger partial charge is 0.0469 e. The topological polar surface area (TPSA) is 21.3 Å². The minimum absolute atomic E-state index is 0.752. The Kier molecular flexibility index (Phi) is 1.88. The van der Waals surface area contributed by atoms with Crippen LogP contribution >= 0.6 is 0 Å². The van der Waals surface area contributed by atoms with Gasteiger partial charge in [-0.25, -0.2) is 0 Å². The van der Waals surface area contributed by atoms with Crippen LogP contribution in [-0.4, -0.2) is 25.8 Å². The molecule has 0 aromatic rings. The van der Waals surface area contributed by atoms with E-state index >= 15 is 0 Å². The Balaban J connectivity index is 1.64. The molecule has 0 aromatic heterocycles. The van der Waals surface area contributed by atoms with Gasteiger partial charge in [-0.3, -0.25) is 0 Å². The van der Waals surface area contributed by atoms with Gasteiger partial charge in [0.2, 0.25) is 0 Å². The zero-order valence-electron chi connectivity index (χ0n) is 8.22. The summed E-state index contributed by atoms with van der Waals surface area (Å²) in [5, 5.41) is 3.65. The van der Waals surface area contributed by atoms with E-state index in [1.807, 2.05) is 0 Å². The van der Waals surface area contributed by atoms with Crippen LogP contribution in [0.2, 0.25) is 0 Å². The molecule has 74 valence electrons. The van der Waals surface area contributed by atoms with Crippen LogP contribution in [0.4, 0.5) is 0 Å². The van der Waals surface area contributed by atoms with Crippen molar-refractivity contribution in [1.29, 1.82) is 0 Å². The summed E-state index contributed by atoms with van der Waals surface area (Å²) in [5.74, 6) is 0.919. The average molecular weight is 181 g/mol. The molecule has 3 rings (SSSR count). The molecule has 1 unspecified atom stereocenters. The predicted octanol–water partition coefficient (Wildman–Crippen LogP) is 1.56. The summed E-state index contributed by atoms with van der Waals surface area (Å²) < 4.78 is 5.41. The van der Waals surface area contributed by atoms with E-state index in [9.17, 15) is 0 Å². The van der Waals surface area contributed by atoms with E-state index in [0.717, 1.165) is 30.6 Å². The second-order valence-electron chi connectivity index (χ2n) is 5.02. The molecule has 2 heterocycles. The Morgan fingerprint density at radius 2 is 1.92 bits per heavy atom. The Bertz CT molecular complexity index is 189. The van der Waals surface area contributed by atoms with Crippen molar-refractivity contribution in [2.75, 3.05) is 19.8 Å². The van der Waals surface area contributed by atoms with Gasteiger partial charge < -0.3 is 10.1 Å². The highest BCUT2D eigenvalue weighted by Crippen LogP contribution is 2.51. The molecule has 1 atom stereocenters. The number of nitrogens with one attached hydrogen (secondary N) is 1. The highest BCUT2D eigenvalue weighted by Gasteiger charge is 2.53. The lowest BCUT2D eigenvalue weighted by Crippen LogP contribution is -2.68. The number of rotatable bonds is 1. The second-order valence-corrected chi connectivity index (χ2v) is 5.02. The molecule has 1 aliphatic carbocycles. The van der Waals surface area contributed by atoms with Crippen LogP contribution < -0.4 is 5.32 Å². The van der Waals surface area contributed by atoms with Gasteiger partial charge in [0.15, 0.2) is 0 Å². The van der Waals surface area contributed by atoms with Crippen LogP contribution in [-0.2, 0) is 4.74 Å². The Hall–Kier alpha value is -0.0800. The SMILES string of the molecule is C1CC2(C1)CNC2C1CCOCC1. The highest BCUT2D eigenvalue weighted by molar-refractivity contribution is 5.08. The van der Waals surface area contributed by atoms with Crippen LogP contribution in [0.5, 0.6) is 0 Å². The Morgan fingerprint density at radius 1 is 1.15 bits per heavy atom. The highest BCUT2D eigenvalue weighted by atomic mass is 16.5. The van der Waals surface area contributed by atoms with Crippen LogP contribution in [0, 0.1) is 11.3 Å². The van der Waals surface area contributed by atoms with Crippen LogP contribution in [0.3, 0.4) is 0 Å². The third-order valence-electron chi connectivity index (χ3n) is 4.42.